The van der Waals surface area contributed by atoms with Crippen molar-refractivity contribution in [3.05, 3.63) is 52.8 Å². The normalized spacial score (nSPS) is 15.0. The maximum atomic E-state index is 13.0. The van der Waals surface area contributed by atoms with Crippen LogP contribution in [0.1, 0.15) is 41.0 Å². The molecule has 1 aromatic carbocycles. The van der Waals surface area contributed by atoms with Crippen LogP contribution in [0.3, 0.4) is 0 Å². The summed E-state index contributed by atoms with van der Waals surface area (Å²) >= 11 is 0. The molecule has 0 radical (unpaired) electrons. The van der Waals surface area contributed by atoms with E-state index in [1.165, 1.54) is 0 Å². The molecule has 132 valence electrons. The lowest BCUT2D eigenvalue weighted by Gasteiger charge is -2.32. The lowest BCUT2D eigenvalue weighted by molar-refractivity contribution is -0.135. The zero-order valence-corrected chi connectivity index (χ0v) is 14.9. The number of benzene rings is 1. The lowest BCUT2D eigenvalue weighted by atomic mass is 9.99. The Kier molecular flexibility index (Phi) is 4.88. The highest BCUT2D eigenvalue weighted by Gasteiger charge is 2.31. The number of fused-ring (bicyclic) bond motifs is 1. The van der Waals surface area contributed by atoms with Crippen molar-refractivity contribution in [2.24, 2.45) is 5.92 Å². The number of aromatic nitrogens is 2. The van der Waals surface area contributed by atoms with Gasteiger partial charge in [-0.25, -0.2) is 0 Å². The molecule has 2 amide bonds. The van der Waals surface area contributed by atoms with E-state index >= 15 is 0 Å². The van der Waals surface area contributed by atoms with Crippen LogP contribution in [0.15, 0.2) is 30.5 Å². The van der Waals surface area contributed by atoms with Crippen LogP contribution in [0.2, 0.25) is 0 Å². The summed E-state index contributed by atoms with van der Waals surface area (Å²) in [5.74, 6) is -0.235. The Morgan fingerprint density at radius 2 is 2.04 bits per heavy atom. The number of aryl methyl sites for hydroxylation is 1. The summed E-state index contributed by atoms with van der Waals surface area (Å²) in [6.07, 6.45) is 2.53. The third-order valence-electron chi connectivity index (χ3n) is 4.72. The summed E-state index contributed by atoms with van der Waals surface area (Å²) in [5.41, 5.74) is 3.65. The van der Waals surface area contributed by atoms with Gasteiger partial charge < -0.3 is 10.2 Å². The fourth-order valence-corrected chi connectivity index (χ4v) is 3.17. The van der Waals surface area contributed by atoms with Crippen molar-refractivity contribution >= 4 is 11.8 Å². The molecule has 25 heavy (non-hydrogen) atoms. The molecule has 0 saturated heterocycles. The van der Waals surface area contributed by atoms with Gasteiger partial charge in [-0.15, -0.1) is 0 Å². The summed E-state index contributed by atoms with van der Waals surface area (Å²) in [5, 5.41) is 9.95. The molecule has 1 unspecified atom stereocenters. The fourth-order valence-electron chi connectivity index (χ4n) is 3.17. The van der Waals surface area contributed by atoms with Crippen LogP contribution < -0.4 is 5.32 Å². The number of H-pyrrole nitrogens is 1. The van der Waals surface area contributed by atoms with Crippen LogP contribution in [0.5, 0.6) is 0 Å². The molecule has 6 heteroatoms. The van der Waals surface area contributed by atoms with Crippen LogP contribution in [-0.4, -0.2) is 39.5 Å². The van der Waals surface area contributed by atoms with Gasteiger partial charge >= 0.3 is 0 Å². The van der Waals surface area contributed by atoms with Crippen molar-refractivity contribution in [1.82, 2.24) is 20.4 Å². The molecule has 1 aliphatic rings. The monoisotopic (exact) mass is 340 g/mol. The molecule has 1 aromatic heterocycles. The fraction of sp³-hybridized carbons (Fsp3) is 0.421. The van der Waals surface area contributed by atoms with E-state index in [4.69, 9.17) is 0 Å². The standard InChI is InChI=1S/C19H24N4O2/c1-12(2)17(21-18(24)15-7-5-4-6-13(15)3)19(25)23-9-8-16-14(11-23)10-20-22-16/h4-7,10,12,17H,8-9,11H2,1-3H3,(H,20,22)(H,21,24). The number of carbonyl (C=O) groups excluding carboxylic acids is 2. The number of hydrogen-bond donors (Lipinski definition) is 2. The SMILES string of the molecule is Cc1ccccc1C(=O)NC(C(=O)N1CCc2[nH]ncc2C1)C(C)C. The van der Waals surface area contributed by atoms with Gasteiger partial charge in [-0.2, -0.15) is 5.10 Å². The van der Waals surface area contributed by atoms with E-state index in [0.29, 0.717) is 18.7 Å². The van der Waals surface area contributed by atoms with Gasteiger partial charge in [0, 0.05) is 36.3 Å². The van der Waals surface area contributed by atoms with Gasteiger partial charge in [-0.1, -0.05) is 32.0 Å². The minimum Gasteiger partial charge on any atom is -0.340 e. The van der Waals surface area contributed by atoms with Crippen LogP contribution in [0.4, 0.5) is 0 Å². The van der Waals surface area contributed by atoms with Crippen molar-refractivity contribution in [3.8, 4) is 0 Å². The highest BCUT2D eigenvalue weighted by atomic mass is 16.2. The molecule has 2 N–H and O–H groups in total. The average Bonchev–Trinajstić information content (AvgIpc) is 3.06. The van der Waals surface area contributed by atoms with Crippen LogP contribution in [0, 0.1) is 12.8 Å². The number of nitrogens with zero attached hydrogens (tertiary/aromatic N) is 2. The van der Waals surface area contributed by atoms with Gasteiger partial charge in [0.25, 0.3) is 5.91 Å². The molecule has 1 aliphatic heterocycles. The number of aromatic amines is 1. The van der Waals surface area contributed by atoms with E-state index in [9.17, 15) is 9.59 Å². The molecule has 0 aliphatic carbocycles. The number of nitrogens with one attached hydrogen (secondary N) is 2. The van der Waals surface area contributed by atoms with Crippen LogP contribution >= 0.6 is 0 Å². The molecule has 0 spiro atoms. The van der Waals surface area contributed by atoms with Crippen molar-refractivity contribution in [2.45, 2.75) is 39.8 Å². The van der Waals surface area contributed by atoms with Crippen LogP contribution in [-0.2, 0) is 17.8 Å². The predicted molar refractivity (Wildman–Crippen MR) is 95.0 cm³/mol. The number of carbonyl (C=O) groups is 2. The van der Waals surface area contributed by atoms with Gasteiger partial charge in [-0.3, -0.25) is 14.7 Å². The Morgan fingerprint density at radius 1 is 1.28 bits per heavy atom. The first-order valence-electron chi connectivity index (χ1n) is 8.63. The molecule has 0 saturated carbocycles. The zero-order valence-electron chi connectivity index (χ0n) is 14.9. The highest BCUT2D eigenvalue weighted by Crippen LogP contribution is 2.19. The number of amides is 2. The quantitative estimate of drug-likeness (QED) is 0.894. The first-order valence-corrected chi connectivity index (χ1v) is 8.63. The van der Waals surface area contributed by atoms with E-state index < -0.39 is 6.04 Å². The molecule has 6 nitrogen and oxygen atoms in total. The van der Waals surface area contributed by atoms with E-state index in [-0.39, 0.29) is 17.7 Å². The maximum absolute atomic E-state index is 13.0. The second kappa shape index (κ2) is 7.09. The van der Waals surface area contributed by atoms with E-state index in [0.717, 1.165) is 23.2 Å². The molecular weight excluding hydrogens is 316 g/mol. The molecule has 0 bridgehead atoms. The van der Waals surface area contributed by atoms with Crippen molar-refractivity contribution in [3.63, 3.8) is 0 Å². The molecule has 2 aromatic rings. The summed E-state index contributed by atoms with van der Waals surface area (Å²) < 4.78 is 0. The Balaban J connectivity index is 1.74. The summed E-state index contributed by atoms with van der Waals surface area (Å²) in [4.78, 5) is 27.4. The van der Waals surface area contributed by atoms with Gasteiger partial charge in [0.15, 0.2) is 0 Å². The Labute approximate surface area is 147 Å². The van der Waals surface area contributed by atoms with Gasteiger partial charge in [0.2, 0.25) is 5.91 Å². The topological polar surface area (TPSA) is 78.1 Å². The van der Waals surface area contributed by atoms with E-state index in [1.807, 2.05) is 39.0 Å². The minimum absolute atomic E-state index is 0.00575. The predicted octanol–water partition coefficient (Wildman–Crippen LogP) is 2.06. The third kappa shape index (κ3) is 3.57. The largest absolute Gasteiger partial charge is 0.340 e. The van der Waals surface area contributed by atoms with E-state index in [1.54, 1.807) is 17.2 Å². The highest BCUT2D eigenvalue weighted by molar-refractivity contribution is 5.98. The molecule has 2 heterocycles. The maximum Gasteiger partial charge on any atom is 0.252 e. The van der Waals surface area contributed by atoms with Crippen molar-refractivity contribution in [2.75, 3.05) is 6.54 Å². The Hall–Kier alpha value is -2.63. The molecule has 1 atom stereocenters. The third-order valence-corrected chi connectivity index (χ3v) is 4.72. The number of hydrogen-bond acceptors (Lipinski definition) is 3. The zero-order chi connectivity index (χ0) is 18.0. The van der Waals surface area contributed by atoms with Gasteiger partial charge in [0.05, 0.1) is 6.20 Å². The first kappa shape index (κ1) is 17.2. The van der Waals surface area contributed by atoms with Gasteiger partial charge in [-0.05, 0) is 24.5 Å². The second-order valence-corrected chi connectivity index (χ2v) is 6.89. The smallest absolute Gasteiger partial charge is 0.252 e. The second-order valence-electron chi connectivity index (χ2n) is 6.89. The van der Waals surface area contributed by atoms with Crippen molar-refractivity contribution in [1.29, 1.82) is 0 Å². The van der Waals surface area contributed by atoms with Crippen LogP contribution in [0.25, 0.3) is 0 Å². The average molecular weight is 340 g/mol. The first-order chi connectivity index (χ1) is 12.0. The summed E-state index contributed by atoms with van der Waals surface area (Å²) in [6, 6.07) is 6.87. The Bertz CT molecular complexity index is 781. The van der Waals surface area contributed by atoms with Crippen molar-refractivity contribution < 1.29 is 9.59 Å². The Morgan fingerprint density at radius 3 is 2.76 bits per heavy atom. The number of rotatable bonds is 4. The minimum atomic E-state index is -0.541. The lowest BCUT2D eigenvalue weighted by Crippen LogP contribution is -2.52. The summed E-state index contributed by atoms with van der Waals surface area (Å²) in [6.45, 7) is 6.97. The van der Waals surface area contributed by atoms with E-state index in [2.05, 4.69) is 15.5 Å². The van der Waals surface area contributed by atoms with Gasteiger partial charge in [0.1, 0.15) is 6.04 Å². The summed E-state index contributed by atoms with van der Waals surface area (Å²) in [7, 11) is 0. The molecular formula is C19H24N4O2. The molecule has 0 fully saturated rings. The molecule has 3 rings (SSSR count).